The molecule has 2 heterocycles. The van der Waals surface area contributed by atoms with Gasteiger partial charge < -0.3 is 9.73 Å². The van der Waals surface area contributed by atoms with Crippen molar-refractivity contribution in [2.24, 2.45) is 0 Å². The second kappa shape index (κ2) is 6.20. The summed E-state index contributed by atoms with van der Waals surface area (Å²) in [6.45, 7) is 7.64. The standard InChI is InChI=1S/C18H21N3O/c1-13-9-10-17(22-13)11-19-12-18-14(2)20-21(15(18)3)16-7-5-4-6-8-16/h4-10,19H,11-12H2,1-3H3. The fourth-order valence-electron chi connectivity index (χ4n) is 2.64. The van der Waals surface area contributed by atoms with Gasteiger partial charge in [0.2, 0.25) is 0 Å². The predicted molar refractivity (Wildman–Crippen MR) is 87.0 cm³/mol. The minimum absolute atomic E-state index is 0.725. The van der Waals surface area contributed by atoms with Crippen LogP contribution in [0.3, 0.4) is 0 Å². The summed E-state index contributed by atoms with van der Waals surface area (Å²) in [5.41, 5.74) is 4.57. The van der Waals surface area contributed by atoms with Crippen LogP contribution in [0, 0.1) is 20.8 Å². The smallest absolute Gasteiger partial charge is 0.117 e. The zero-order chi connectivity index (χ0) is 15.5. The highest BCUT2D eigenvalue weighted by molar-refractivity contribution is 5.36. The Morgan fingerprint density at radius 1 is 1.00 bits per heavy atom. The average molecular weight is 295 g/mol. The Morgan fingerprint density at radius 2 is 1.77 bits per heavy atom. The maximum Gasteiger partial charge on any atom is 0.117 e. The van der Waals surface area contributed by atoms with Crippen molar-refractivity contribution in [2.45, 2.75) is 33.9 Å². The van der Waals surface area contributed by atoms with E-state index < -0.39 is 0 Å². The van der Waals surface area contributed by atoms with Crippen LogP contribution < -0.4 is 5.32 Å². The Hall–Kier alpha value is -2.33. The van der Waals surface area contributed by atoms with Gasteiger partial charge in [0.15, 0.2) is 0 Å². The molecular formula is C18H21N3O. The van der Waals surface area contributed by atoms with Crippen LogP contribution >= 0.6 is 0 Å². The zero-order valence-electron chi connectivity index (χ0n) is 13.3. The van der Waals surface area contributed by atoms with Crippen molar-refractivity contribution in [2.75, 3.05) is 0 Å². The summed E-state index contributed by atoms with van der Waals surface area (Å²) in [7, 11) is 0. The molecule has 1 N–H and O–H groups in total. The fourth-order valence-corrected chi connectivity index (χ4v) is 2.64. The van der Waals surface area contributed by atoms with Crippen molar-refractivity contribution < 1.29 is 4.42 Å². The third-order valence-electron chi connectivity index (χ3n) is 3.84. The lowest BCUT2D eigenvalue weighted by Crippen LogP contribution is -2.13. The van der Waals surface area contributed by atoms with Gasteiger partial charge in [0.1, 0.15) is 11.5 Å². The van der Waals surface area contributed by atoms with Crippen LogP contribution in [0.25, 0.3) is 5.69 Å². The summed E-state index contributed by atoms with van der Waals surface area (Å²) in [5, 5.41) is 8.09. The van der Waals surface area contributed by atoms with Crippen LogP contribution in [0.2, 0.25) is 0 Å². The van der Waals surface area contributed by atoms with Crippen LogP contribution in [-0.2, 0) is 13.1 Å². The topological polar surface area (TPSA) is 43.0 Å². The second-order valence-corrected chi connectivity index (χ2v) is 5.51. The first kappa shape index (κ1) is 14.6. The molecule has 3 rings (SSSR count). The van der Waals surface area contributed by atoms with Gasteiger partial charge in [-0.3, -0.25) is 0 Å². The number of aromatic nitrogens is 2. The Bertz CT molecular complexity index is 756. The highest BCUT2D eigenvalue weighted by Gasteiger charge is 2.12. The van der Waals surface area contributed by atoms with E-state index in [2.05, 4.69) is 36.4 Å². The van der Waals surface area contributed by atoms with Crippen molar-refractivity contribution in [1.82, 2.24) is 15.1 Å². The molecule has 0 spiro atoms. The summed E-state index contributed by atoms with van der Waals surface area (Å²) in [6.07, 6.45) is 0. The molecule has 3 aromatic rings. The van der Waals surface area contributed by atoms with E-state index in [1.807, 2.05) is 41.9 Å². The molecule has 0 aliphatic carbocycles. The lowest BCUT2D eigenvalue weighted by Gasteiger charge is -2.06. The van der Waals surface area contributed by atoms with E-state index in [0.29, 0.717) is 0 Å². The van der Waals surface area contributed by atoms with Crippen molar-refractivity contribution in [1.29, 1.82) is 0 Å². The normalized spacial score (nSPS) is 11.0. The minimum Gasteiger partial charge on any atom is -0.465 e. The third kappa shape index (κ3) is 2.97. The molecule has 0 amide bonds. The first-order chi connectivity index (χ1) is 10.6. The first-order valence-corrected chi connectivity index (χ1v) is 7.51. The van der Waals surface area contributed by atoms with Crippen molar-refractivity contribution in [3.05, 3.63) is 70.9 Å². The van der Waals surface area contributed by atoms with E-state index >= 15 is 0 Å². The lowest BCUT2D eigenvalue weighted by molar-refractivity contribution is 0.461. The average Bonchev–Trinajstić information content (AvgIpc) is 3.06. The Kier molecular flexibility index (Phi) is 4.11. The summed E-state index contributed by atoms with van der Waals surface area (Å²) in [4.78, 5) is 0. The van der Waals surface area contributed by atoms with Crippen LogP contribution in [0.4, 0.5) is 0 Å². The summed E-state index contributed by atoms with van der Waals surface area (Å²) >= 11 is 0. The van der Waals surface area contributed by atoms with Gasteiger partial charge in [-0.25, -0.2) is 4.68 Å². The monoisotopic (exact) mass is 295 g/mol. The highest BCUT2D eigenvalue weighted by atomic mass is 16.3. The number of para-hydroxylation sites is 1. The molecule has 0 radical (unpaired) electrons. The Labute approximate surface area is 130 Å². The van der Waals surface area contributed by atoms with Gasteiger partial charge in [0, 0.05) is 17.8 Å². The largest absolute Gasteiger partial charge is 0.465 e. The molecule has 22 heavy (non-hydrogen) atoms. The number of nitrogens with zero attached hydrogens (tertiary/aromatic N) is 2. The van der Waals surface area contributed by atoms with Crippen molar-refractivity contribution in [3.63, 3.8) is 0 Å². The van der Waals surface area contributed by atoms with E-state index in [1.54, 1.807) is 0 Å². The third-order valence-corrected chi connectivity index (χ3v) is 3.84. The SMILES string of the molecule is Cc1ccc(CNCc2c(C)nn(-c3ccccc3)c2C)o1. The van der Waals surface area contributed by atoms with Crippen molar-refractivity contribution in [3.8, 4) is 5.69 Å². The number of benzene rings is 1. The van der Waals surface area contributed by atoms with Gasteiger partial charge in [-0.1, -0.05) is 18.2 Å². The van der Waals surface area contributed by atoms with Gasteiger partial charge >= 0.3 is 0 Å². The van der Waals surface area contributed by atoms with Gasteiger partial charge in [0.25, 0.3) is 0 Å². The molecule has 0 saturated carbocycles. The molecule has 2 aromatic heterocycles. The van der Waals surface area contributed by atoms with E-state index in [1.165, 1.54) is 11.3 Å². The number of aryl methyl sites for hydroxylation is 2. The molecule has 0 saturated heterocycles. The summed E-state index contributed by atoms with van der Waals surface area (Å²) in [6, 6.07) is 14.2. The number of hydrogen-bond acceptors (Lipinski definition) is 3. The van der Waals surface area contributed by atoms with Crippen molar-refractivity contribution >= 4 is 0 Å². The summed E-state index contributed by atoms with van der Waals surface area (Å²) in [5.74, 6) is 1.91. The maximum absolute atomic E-state index is 5.57. The van der Waals surface area contributed by atoms with Crippen LogP contribution in [0.1, 0.15) is 28.5 Å². The molecule has 0 bridgehead atoms. The van der Waals surface area contributed by atoms with Gasteiger partial charge in [-0.15, -0.1) is 0 Å². The highest BCUT2D eigenvalue weighted by Crippen LogP contribution is 2.17. The van der Waals surface area contributed by atoms with Gasteiger partial charge in [0.05, 0.1) is 17.9 Å². The molecule has 0 aliphatic heterocycles. The fraction of sp³-hybridized carbons (Fsp3) is 0.278. The number of hydrogen-bond donors (Lipinski definition) is 1. The van der Waals surface area contributed by atoms with E-state index in [9.17, 15) is 0 Å². The van der Waals surface area contributed by atoms with Crippen LogP contribution in [0.15, 0.2) is 46.9 Å². The zero-order valence-corrected chi connectivity index (χ0v) is 13.3. The molecule has 0 aliphatic rings. The number of nitrogens with one attached hydrogen (secondary N) is 1. The van der Waals surface area contributed by atoms with Crippen LogP contribution in [-0.4, -0.2) is 9.78 Å². The Balaban J connectivity index is 1.73. The molecule has 114 valence electrons. The van der Waals surface area contributed by atoms with E-state index in [4.69, 9.17) is 4.42 Å². The molecule has 0 fully saturated rings. The second-order valence-electron chi connectivity index (χ2n) is 5.51. The molecule has 4 heteroatoms. The predicted octanol–water partition coefficient (Wildman–Crippen LogP) is 3.68. The Morgan fingerprint density at radius 3 is 2.45 bits per heavy atom. The van der Waals surface area contributed by atoms with Crippen LogP contribution in [0.5, 0.6) is 0 Å². The minimum atomic E-state index is 0.725. The first-order valence-electron chi connectivity index (χ1n) is 7.51. The lowest BCUT2D eigenvalue weighted by atomic mass is 10.2. The molecular weight excluding hydrogens is 274 g/mol. The molecule has 4 nitrogen and oxygen atoms in total. The molecule has 0 unspecified atom stereocenters. The van der Waals surface area contributed by atoms with Gasteiger partial charge in [-0.05, 0) is 45.0 Å². The van der Waals surface area contributed by atoms with E-state index in [0.717, 1.165) is 36.0 Å². The number of rotatable bonds is 5. The quantitative estimate of drug-likeness (QED) is 0.781. The van der Waals surface area contributed by atoms with E-state index in [-0.39, 0.29) is 0 Å². The molecule has 1 aromatic carbocycles. The van der Waals surface area contributed by atoms with Gasteiger partial charge in [-0.2, -0.15) is 5.10 Å². The maximum atomic E-state index is 5.57. The molecule has 0 atom stereocenters. The summed E-state index contributed by atoms with van der Waals surface area (Å²) < 4.78 is 7.58. The number of furan rings is 1.